The van der Waals surface area contributed by atoms with Crippen LogP contribution in [-0.2, 0) is 20.8 Å². The number of nitrogens with zero attached hydrogens (tertiary/aromatic N) is 2. The van der Waals surface area contributed by atoms with E-state index in [-0.39, 0.29) is 30.6 Å². The van der Waals surface area contributed by atoms with Crippen molar-refractivity contribution in [1.82, 2.24) is 4.90 Å². The Hall–Kier alpha value is -3.79. The number of hydrogen-bond acceptors (Lipinski definition) is 10. The first kappa shape index (κ1) is 24.9. The van der Waals surface area contributed by atoms with Crippen LogP contribution in [0.3, 0.4) is 0 Å². The molecule has 1 heterocycles. The molecular formula is C25H25FN4O7. The van der Waals surface area contributed by atoms with Crippen molar-refractivity contribution in [2.75, 3.05) is 25.0 Å². The van der Waals surface area contributed by atoms with E-state index >= 15 is 4.39 Å². The van der Waals surface area contributed by atoms with Crippen molar-refractivity contribution in [3.63, 3.8) is 0 Å². The lowest BCUT2D eigenvalue weighted by Crippen LogP contribution is -2.64. The van der Waals surface area contributed by atoms with Crippen molar-refractivity contribution in [3.05, 3.63) is 39.9 Å². The van der Waals surface area contributed by atoms with E-state index in [4.69, 9.17) is 5.73 Å². The first-order valence-corrected chi connectivity index (χ1v) is 11.9. The van der Waals surface area contributed by atoms with Crippen molar-refractivity contribution in [2.24, 2.45) is 17.6 Å². The summed E-state index contributed by atoms with van der Waals surface area (Å²) >= 11 is 0. The molecule has 1 aromatic carbocycles. The molecule has 1 saturated carbocycles. The van der Waals surface area contributed by atoms with Crippen LogP contribution in [0, 0.1) is 29.0 Å². The zero-order chi connectivity index (χ0) is 26.8. The molecule has 4 aliphatic rings. The summed E-state index contributed by atoms with van der Waals surface area (Å²) in [5.74, 6) is -8.35. The minimum Gasteiger partial charge on any atom is -0.507 e. The van der Waals surface area contributed by atoms with E-state index in [1.807, 2.05) is 4.90 Å². The Balaban J connectivity index is 1.57. The van der Waals surface area contributed by atoms with Crippen LogP contribution in [0.5, 0.6) is 5.75 Å². The molecule has 1 saturated heterocycles. The van der Waals surface area contributed by atoms with Gasteiger partial charge in [0.05, 0.1) is 23.8 Å². The lowest BCUT2D eigenvalue weighted by Gasteiger charge is -2.47. The summed E-state index contributed by atoms with van der Waals surface area (Å²) in [4.78, 5) is 40.3. The zero-order valence-electron chi connectivity index (χ0n) is 19.6. The van der Waals surface area contributed by atoms with Gasteiger partial charge in [0.15, 0.2) is 22.9 Å². The molecule has 3 aliphatic carbocycles. The number of phenolic OH excluding ortho intramolecular Hbond substituents is 1. The minimum absolute atomic E-state index is 0.0337. The molecule has 1 amide bonds. The number of aromatic hydroxyl groups is 1. The third-order valence-corrected chi connectivity index (χ3v) is 7.90. The van der Waals surface area contributed by atoms with E-state index in [9.17, 15) is 40.1 Å². The number of anilines is 1. The van der Waals surface area contributed by atoms with Crippen molar-refractivity contribution in [2.45, 2.75) is 37.3 Å². The van der Waals surface area contributed by atoms with Crippen molar-refractivity contribution < 1.29 is 39.2 Å². The van der Waals surface area contributed by atoms with Crippen LogP contribution in [0.25, 0.3) is 5.76 Å². The zero-order valence-corrected chi connectivity index (χ0v) is 19.6. The third-order valence-electron chi connectivity index (χ3n) is 7.90. The number of nitriles is 1. The first-order chi connectivity index (χ1) is 17.5. The number of benzene rings is 1. The Bertz CT molecular complexity index is 1360. The van der Waals surface area contributed by atoms with Crippen LogP contribution in [0.2, 0.25) is 0 Å². The highest BCUT2D eigenvalue weighted by Gasteiger charge is 2.62. The third kappa shape index (κ3) is 3.53. The number of phenols is 1. The molecule has 4 atom stereocenters. The second-order valence-corrected chi connectivity index (χ2v) is 9.97. The molecular weight excluding hydrogens is 487 g/mol. The molecule has 1 aliphatic heterocycles. The second-order valence-electron chi connectivity index (χ2n) is 9.97. The van der Waals surface area contributed by atoms with Gasteiger partial charge < -0.3 is 31.5 Å². The maximum Gasteiger partial charge on any atom is 0.238 e. The van der Waals surface area contributed by atoms with E-state index in [1.54, 1.807) is 0 Å². The van der Waals surface area contributed by atoms with Crippen LogP contribution in [0.4, 0.5) is 10.1 Å². The molecule has 37 heavy (non-hydrogen) atoms. The monoisotopic (exact) mass is 512 g/mol. The van der Waals surface area contributed by atoms with Gasteiger partial charge in [0, 0.05) is 23.1 Å². The van der Waals surface area contributed by atoms with Crippen LogP contribution < -0.4 is 11.1 Å². The number of carbonyl (C=O) groups is 3. The van der Waals surface area contributed by atoms with Crippen molar-refractivity contribution in [1.29, 1.82) is 5.26 Å². The maximum absolute atomic E-state index is 15.2. The Morgan fingerprint density at radius 1 is 1.27 bits per heavy atom. The summed E-state index contributed by atoms with van der Waals surface area (Å²) in [6, 6.07) is 0.895. The maximum atomic E-state index is 15.2. The predicted octanol–water partition coefficient (Wildman–Crippen LogP) is 0.573. The number of ketones is 2. The standard InChI is InChI=1S/C25H25FN4O7/c26-14-7-15(29-16(31)9-30-3-1-2-4-30)21(33)18-11(14)5-10-6-13-19(28)20(32)12(8-27)23(35)25(13,37)24(36)17(10)22(18)34/h7,10,13,19,33-35,37H,1-6,9,28H2,(H,29,31)/t10-,13-,19-,25+/m0/s1. The normalized spacial score (nSPS) is 29.5. The first-order valence-electron chi connectivity index (χ1n) is 11.9. The topological polar surface area (TPSA) is 197 Å². The number of aliphatic hydroxyl groups is 3. The van der Waals surface area contributed by atoms with E-state index in [2.05, 4.69) is 5.32 Å². The summed E-state index contributed by atoms with van der Waals surface area (Å²) in [5, 5.41) is 55.5. The fraction of sp³-hybridized carbons (Fsp3) is 0.440. The molecule has 0 spiro atoms. The van der Waals surface area contributed by atoms with E-state index < -0.39 is 80.7 Å². The number of nitrogens with two attached hydrogens (primary N) is 1. The quantitative estimate of drug-likeness (QED) is 0.311. The average molecular weight is 512 g/mol. The number of Topliss-reactive ketones (excluding diaryl/α,β-unsaturated/α-hetero) is 2. The predicted molar refractivity (Wildman–Crippen MR) is 125 cm³/mol. The van der Waals surface area contributed by atoms with Gasteiger partial charge >= 0.3 is 0 Å². The number of rotatable bonds is 3. The number of hydrogen-bond donors (Lipinski definition) is 6. The van der Waals surface area contributed by atoms with E-state index in [0.717, 1.165) is 32.0 Å². The largest absolute Gasteiger partial charge is 0.507 e. The summed E-state index contributed by atoms with van der Waals surface area (Å²) in [5.41, 5.74) is 1.10. The molecule has 0 aromatic heterocycles. The van der Waals surface area contributed by atoms with E-state index in [0.29, 0.717) is 0 Å². The Labute approximate surface area is 210 Å². The average Bonchev–Trinajstić information content (AvgIpc) is 3.36. The molecule has 0 radical (unpaired) electrons. The molecule has 1 aromatic rings. The van der Waals surface area contributed by atoms with Crippen LogP contribution >= 0.6 is 0 Å². The van der Waals surface area contributed by atoms with Crippen molar-refractivity contribution >= 4 is 28.9 Å². The van der Waals surface area contributed by atoms with Gasteiger partial charge in [-0.1, -0.05) is 0 Å². The Morgan fingerprint density at radius 3 is 2.59 bits per heavy atom. The molecule has 11 nitrogen and oxygen atoms in total. The highest BCUT2D eigenvalue weighted by Crippen LogP contribution is 2.52. The number of fused-ring (bicyclic) bond motifs is 3. The van der Waals surface area contributed by atoms with Crippen LogP contribution in [0.1, 0.15) is 30.4 Å². The van der Waals surface area contributed by atoms with Gasteiger partial charge in [-0.15, -0.1) is 0 Å². The number of carbonyl (C=O) groups excluding carboxylic acids is 3. The van der Waals surface area contributed by atoms with Crippen LogP contribution in [-0.4, -0.2) is 74.1 Å². The molecule has 194 valence electrons. The number of aliphatic hydroxyl groups excluding tert-OH is 2. The summed E-state index contributed by atoms with van der Waals surface area (Å²) in [7, 11) is 0. The molecule has 2 fully saturated rings. The minimum atomic E-state index is -2.76. The molecule has 7 N–H and O–H groups in total. The summed E-state index contributed by atoms with van der Waals surface area (Å²) < 4.78 is 15.2. The number of amides is 1. The van der Waals surface area contributed by atoms with Crippen LogP contribution in [0.15, 0.2) is 23.0 Å². The van der Waals surface area contributed by atoms with Gasteiger partial charge in [-0.3, -0.25) is 19.3 Å². The van der Waals surface area contributed by atoms with Gasteiger partial charge in [-0.25, -0.2) is 4.39 Å². The van der Waals surface area contributed by atoms with Gasteiger partial charge in [-0.2, -0.15) is 5.26 Å². The Morgan fingerprint density at radius 2 is 1.95 bits per heavy atom. The highest BCUT2D eigenvalue weighted by atomic mass is 19.1. The molecule has 0 unspecified atom stereocenters. The molecule has 12 heteroatoms. The van der Waals surface area contributed by atoms with E-state index in [1.165, 1.54) is 6.07 Å². The smallest absolute Gasteiger partial charge is 0.238 e. The van der Waals surface area contributed by atoms with Gasteiger partial charge in [0.2, 0.25) is 11.7 Å². The fourth-order valence-electron chi connectivity index (χ4n) is 6.04. The SMILES string of the molecule is N#CC1=C(O)[C@@]2(O)C(=O)C3=C(O)c4c(O)c(NC(=O)CN5CCCC5)cc(F)c4C[C@H]3C[C@H]2[C@H](N)C1=O. The fourth-order valence-corrected chi connectivity index (χ4v) is 6.04. The van der Waals surface area contributed by atoms with Gasteiger partial charge in [0.25, 0.3) is 0 Å². The lowest BCUT2D eigenvalue weighted by molar-refractivity contribution is -0.148. The number of nitrogens with one attached hydrogen (secondary N) is 1. The van der Waals surface area contributed by atoms with Gasteiger partial charge in [-0.05, 0) is 44.7 Å². The summed E-state index contributed by atoms with van der Waals surface area (Å²) in [6.07, 6.45) is 1.53. The second kappa shape index (κ2) is 8.65. The molecule has 0 bridgehead atoms. The molecule has 5 rings (SSSR count). The van der Waals surface area contributed by atoms with Gasteiger partial charge in [0.1, 0.15) is 23.2 Å². The summed E-state index contributed by atoms with van der Waals surface area (Å²) in [6.45, 7) is 1.51. The Kier molecular flexibility index (Phi) is 5.82. The number of halogens is 1. The van der Waals surface area contributed by atoms with Crippen molar-refractivity contribution in [3.8, 4) is 11.8 Å². The lowest BCUT2D eigenvalue weighted by atomic mass is 9.58. The highest BCUT2D eigenvalue weighted by molar-refractivity contribution is 6.15. The number of likely N-dealkylation sites (tertiary alicyclic amines) is 1.